The summed E-state index contributed by atoms with van der Waals surface area (Å²) in [5.74, 6) is -0.0763. The molecular formula is C19H25FN4O4S2. The van der Waals surface area contributed by atoms with Crippen LogP contribution in [0.2, 0.25) is 0 Å². The number of hydrogen-bond donors (Lipinski definition) is 2. The average molecular weight is 457 g/mol. The summed E-state index contributed by atoms with van der Waals surface area (Å²) in [7, 11) is -1.88. The molecule has 1 fully saturated rings. The maximum atomic E-state index is 12.7. The zero-order valence-corrected chi connectivity index (χ0v) is 18.2. The predicted octanol–water partition coefficient (Wildman–Crippen LogP) is 2.58. The number of nitro benzene ring substituents is 1. The van der Waals surface area contributed by atoms with E-state index in [1.54, 1.807) is 0 Å². The summed E-state index contributed by atoms with van der Waals surface area (Å²) in [6.07, 6.45) is 2.23. The molecule has 8 nitrogen and oxygen atoms in total. The van der Waals surface area contributed by atoms with Crippen LogP contribution < -0.4 is 10.9 Å². The molecule has 0 bridgehead atoms. The van der Waals surface area contributed by atoms with E-state index in [-0.39, 0.29) is 5.54 Å². The van der Waals surface area contributed by atoms with Gasteiger partial charge in [0.25, 0.3) is 0 Å². The minimum atomic E-state index is -4.05. The Labute approximate surface area is 179 Å². The third-order valence-corrected chi connectivity index (χ3v) is 6.93. The van der Waals surface area contributed by atoms with Crippen LogP contribution in [0.15, 0.2) is 58.3 Å². The van der Waals surface area contributed by atoms with E-state index in [4.69, 9.17) is 10.9 Å². The Hall–Kier alpha value is -2.05. The molecule has 3 rings (SSSR count). The van der Waals surface area contributed by atoms with Crippen LogP contribution in [0.4, 0.5) is 10.1 Å². The molecule has 164 valence electrons. The SMILES string of the molecule is CN1CCC(N)(CSc2ccccc2)CC1.NS(=O)(=O)c1ccc(F)c([N+](=O)[O-])c1. The van der Waals surface area contributed by atoms with Crippen molar-refractivity contribution in [2.75, 3.05) is 25.9 Å². The van der Waals surface area contributed by atoms with Crippen LogP contribution in [-0.2, 0) is 10.0 Å². The van der Waals surface area contributed by atoms with Gasteiger partial charge in [0.05, 0.1) is 9.82 Å². The second kappa shape index (κ2) is 10.3. The molecule has 0 amide bonds. The molecule has 0 spiro atoms. The average Bonchev–Trinajstić information content (AvgIpc) is 2.70. The van der Waals surface area contributed by atoms with Crippen molar-refractivity contribution in [1.82, 2.24) is 4.90 Å². The van der Waals surface area contributed by atoms with Crippen molar-refractivity contribution in [3.8, 4) is 0 Å². The van der Waals surface area contributed by atoms with Gasteiger partial charge < -0.3 is 10.6 Å². The number of primary sulfonamides is 1. The number of benzene rings is 2. The van der Waals surface area contributed by atoms with Gasteiger partial charge in [0.2, 0.25) is 15.8 Å². The van der Waals surface area contributed by atoms with E-state index in [0.717, 1.165) is 37.8 Å². The number of nitrogens with two attached hydrogens (primary N) is 2. The van der Waals surface area contributed by atoms with Crippen LogP contribution in [0.1, 0.15) is 12.8 Å². The van der Waals surface area contributed by atoms with Crippen LogP contribution >= 0.6 is 11.8 Å². The molecule has 4 N–H and O–H groups in total. The highest BCUT2D eigenvalue weighted by molar-refractivity contribution is 7.99. The second-order valence-electron chi connectivity index (χ2n) is 7.18. The number of piperidine rings is 1. The van der Waals surface area contributed by atoms with Crippen LogP contribution in [0, 0.1) is 15.9 Å². The van der Waals surface area contributed by atoms with Crippen LogP contribution in [0.5, 0.6) is 0 Å². The van der Waals surface area contributed by atoms with Crippen molar-refractivity contribution in [2.24, 2.45) is 10.9 Å². The quantitative estimate of drug-likeness (QED) is 0.401. The summed E-state index contributed by atoms with van der Waals surface area (Å²) in [5.41, 5.74) is 5.54. The molecule has 2 aromatic rings. The van der Waals surface area contributed by atoms with E-state index in [1.807, 2.05) is 11.8 Å². The van der Waals surface area contributed by atoms with Gasteiger partial charge in [-0.3, -0.25) is 10.1 Å². The minimum absolute atomic E-state index is 0.0347. The summed E-state index contributed by atoms with van der Waals surface area (Å²) < 4.78 is 34.2. The second-order valence-corrected chi connectivity index (χ2v) is 9.79. The topological polar surface area (TPSA) is 133 Å². The number of nitrogens with zero attached hydrogens (tertiary/aromatic N) is 2. The first kappa shape index (κ1) is 24.2. The Balaban J connectivity index is 0.000000216. The first-order valence-corrected chi connectivity index (χ1v) is 11.7. The maximum absolute atomic E-state index is 12.7. The van der Waals surface area contributed by atoms with E-state index < -0.39 is 31.3 Å². The molecule has 1 heterocycles. The Morgan fingerprint density at radius 1 is 1.20 bits per heavy atom. The molecule has 0 unspecified atom stereocenters. The Bertz CT molecular complexity index is 966. The summed E-state index contributed by atoms with van der Waals surface area (Å²) in [5, 5.41) is 14.9. The zero-order chi connectivity index (χ0) is 22.4. The van der Waals surface area contributed by atoms with Crippen molar-refractivity contribution in [3.05, 3.63) is 64.5 Å². The normalized spacial score (nSPS) is 16.4. The van der Waals surface area contributed by atoms with Gasteiger partial charge in [-0.15, -0.1) is 11.8 Å². The fraction of sp³-hybridized carbons (Fsp3) is 0.368. The summed E-state index contributed by atoms with van der Waals surface area (Å²) in [6, 6.07) is 12.6. The number of nitro groups is 1. The number of rotatable bonds is 5. The van der Waals surface area contributed by atoms with Gasteiger partial charge in [0.1, 0.15) is 0 Å². The van der Waals surface area contributed by atoms with Gasteiger partial charge in [-0.2, -0.15) is 4.39 Å². The van der Waals surface area contributed by atoms with E-state index in [2.05, 4.69) is 42.3 Å². The lowest BCUT2D eigenvalue weighted by atomic mass is 9.91. The molecule has 0 saturated carbocycles. The van der Waals surface area contributed by atoms with E-state index in [9.17, 15) is 22.9 Å². The molecule has 0 radical (unpaired) electrons. The molecule has 2 aromatic carbocycles. The Kier molecular flexibility index (Phi) is 8.33. The van der Waals surface area contributed by atoms with Crippen molar-refractivity contribution in [2.45, 2.75) is 28.2 Å². The predicted molar refractivity (Wildman–Crippen MR) is 115 cm³/mol. The van der Waals surface area contributed by atoms with Gasteiger partial charge in [-0.1, -0.05) is 18.2 Å². The van der Waals surface area contributed by atoms with Crippen molar-refractivity contribution in [1.29, 1.82) is 0 Å². The largest absolute Gasteiger partial charge is 0.324 e. The third-order valence-electron chi connectivity index (χ3n) is 4.70. The van der Waals surface area contributed by atoms with Gasteiger partial charge in [-0.25, -0.2) is 13.6 Å². The molecule has 0 aromatic heterocycles. The number of hydrogen-bond acceptors (Lipinski definition) is 7. The Morgan fingerprint density at radius 3 is 2.33 bits per heavy atom. The fourth-order valence-electron chi connectivity index (χ4n) is 2.76. The number of thioether (sulfide) groups is 1. The van der Waals surface area contributed by atoms with E-state index >= 15 is 0 Å². The highest BCUT2D eigenvalue weighted by Gasteiger charge is 2.29. The van der Waals surface area contributed by atoms with Gasteiger partial charge >= 0.3 is 5.69 Å². The van der Waals surface area contributed by atoms with Gasteiger partial charge in [0.15, 0.2) is 0 Å². The minimum Gasteiger partial charge on any atom is -0.324 e. The summed E-state index contributed by atoms with van der Waals surface area (Å²) in [4.78, 5) is 12.4. The summed E-state index contributed by atoms with van der Waals surface area (Å²) >= 11 is 1.88. The molecule has 11 heteroatoms. The number of likely N-dealkylation sites (tertiary alicyclic amines) is 1. The third kappa shape index (κ3) is 7.33. The molecule has 0 aliphatic carbocycles. The van der Waals surface area contributed by atoms with Crippen molar-refractivity contribution >= 4 is 27.5 Å². The van der Waals surface area contributed by atoms with Gasteiger partial charge in [0, 0.05) is 22.3 Å². The fourth-order valence-corrected chi connectivity index (χ4v) is 4.39. The monoisotopic (exact) mass is 456 g/mol. The lowest BCUT2D eigenvalue weighted by molar-refractivity contribution is -0.387. The standard InChI is InChI=1S/C13H20N2S.C6H5FN2O4S/c1-15-9-7-13(14,8-10-15)11-16-12-5-3-2-4-6-12;7-5-2-1-4(14(8,12)13)3-6(5)9(10)11/h2-6H,7-11,14H2,1H3;1-3H,(H2,8,12,13). The van der Waals surface area contributed by atoms with Crippen molar-refractivity contribution < 1.29 is 17.7 Å². The molecule has 1 saturated heterocycles. The van der Waals surface area contributed by atoms with Crippen LogP contribution in [0.25, 0.3) is 0 Å². The van der Waals surface area contributed by atoms with E-state index in [0.29, 0.717) is 12.1 Å². The smallest absolute Gasteiger partial charge is 0.306 e. The molecular weight excluding hydrogens is 431 g/mol. The first-order valence-electron chi connectivity index (χ1n) is 9.12. The van der Waals surface area contributed by atoms with Gasteiger partial charge in [-0.05, 0) is 57.2 Å². The molecule has 30 heavy (non-hydrogen) atoms. The van der Waals surface area contributed by atoms with E-state index in [1.165, 1.54) is 4.90 Å². The maximum Gasteiger partial charge on any atom is 0.306 e. The van der Waals surface area contributed by atoms with Crippen LogP contribution in [0.3, 0.4) is 0 Å². The zero-order valence-electron chi connectivity index (χ0n) is 16.5. The lowest BCUT2D eigenvalue weighted by Gasteiger charge is -2.37. The molecule has 1 aliphatic heterocycles. The number of sulfonamides is 1. The summed E-state index contributed by atoms with van der Waals surface area (Å²) in [6.45, 7) is 2.26. The first-order chi connectivity index (χ1) is 14.0. The Morgan fingerprint density at radius 2 is 1.80 bits per heavy atom. The van der Waals surface area contributed by atoms with Crippen LogP contribution in [-0.4, -0.2) is 49.7 Å². The molecule has 1 aliphatic rings. The number of halogens is 1. The molecule has 0 atom stereocenters. The lowest BCUT2D eigenvalue weighted by Crippen LogP contribution is -2.51. The van der Waals surface area contributed by atoms with Crippen molar-refractivity contribution in [3.63, 3.8) is 0 Å². The highest BCUT2D eigenvalue weighted by atomic mass is 32.2. The highest BCUT2D eigenvalue weighted by Crippen LogP contribution is 2.27.